The second-order valence-electron chi connectivity index (χ2n) is 9.53. The number of anilines is 2. The molecule has 0 saturated heterocycles. The Hall–Kier alpha value is -5.18. The summed E-state index contributed by atoms with van der Waals surface area (Å²) in [6, 6.07) is 37.8. The quantitative estimate of drug-likeness (QED) is 0.110. The van der Waals surface area contributed by atoms with Crippen LogP contribution in [0.5, 0.6) is 0 Å². The number of nitrogens with zero attached hydrogens (tertiary/aromatic N) is 1. The number of hydrogen-bond donors (Lipinski definition) is 3. The van der Waals surface area contributed by atoms with Gasteiger partial charge in [-0.2, -0.15) is 0 Å². The van der Waals surface area contributed by atoms with E-state index in [4.69, 9.17) is 11.6 Å². The molecule has 7 nitrogen and oxygen atoms in total. The highest BCUT2D eigenvalue weighted by atomic mass is 35.5. The minimum Gasteiger partial charge on any atom is -0.321 e. The molecule has 1 aromatic heterocycles. The third kappa shape index (κ3) is 8.44. The number of carbonyl (C=O) groups is 3. The van der Waals surface area contributed by atoms with Crippen molar-refractivity contribution < 1.29 is 14.4 Å². The van der Waals surface area contributed by atoms with Gasteiger partial charge in [0.05, 0.1) is 5.02 Å². The van der Waals surface area contributed by atoms with Crippen molar-refractivity contribution in [2.45, 2.75) is 10.1 Å². The SMILES string of the molecule is O=C(Nc1cccc(SC(C(=O)Nc2ccc(Cl)cn2)c2ccccc2)c1)/C(=C/c1ccccc1)NC(=O)c1ccccc1. The number of thioether (sulfide) groups is 1. The van der Waals surface area contributed by atoms with Crippen molar-refractivity contribution in [3.05, 3.63) is 161 Å². The number of aromatic nitrogens is 1. The van der Waals surface area contributed by atoms with E-state index >= 15 is 0 Å². The fourth-order valence-electron chi connectivity index (χ4n) is 4.18. The van der Waals surface area contributed by atoms with Gasteiger partial charge in [-0.25, -0.2) is 4.98 Å². The van der Waals surface area contributed by atoms with Crippen molar-refractivity contribution in [3.8, 4) is 0 Å². The third-order valence-electron chi connectivity index (χ3n) is 6.30. The lowest BCUT2D eigenvalue weighted by molar-refractivity contribution is -0.116. The van der Waals surface area contributed by atoms with Gasteiger partial charge in [0.1, 0.15) is 16.8 Å². The van der Waals surface area contributed by atoms with E-state index in [0.29, 0.717) is 22.1 Å². The zero-order valence-electron chi connectivity index (χ0n) is 23.3. The molecule has 5 aromatic rings. The van der Waals surface area contributed by atoms with Crippen LogP contribution >= 0.6 is 23.4 Å². The summed E-state index contributed by atoms with van der Waals surface area (Å²) in [5.74, 6) is -0.773. The molecule has 0 aliphatic heterocycles. The molecule has 44 heavy (non-hydrogen) atoms. The Bertz CT molecular complexity index is 1770. The van der Waals surface area contributed by atoms with Crippen molar-refractivity contribution in [1.82, 2.24) is 10.3 Å². The first-order valence-corrected chi connectivity index (χ1v) is 14.9. The van der Waals surface area contributed by atoms with Gasteiger partial charge in [0, 0.05) is 22.3 Å². The van der Waals surface area contributed by atoms with Crippen molar-refractivity contribution >= 4 is 58.7 Å². The van der Waals surface area contributed by atoms with E-state index in [9.17, 15) is 14.4 Å². The van der Waals surface area contributed by atoms with Gasteiger partial charge in [-0.1, -0.05) is 96.5 Å². The predicted octanol–water partition coefficient (Wildman–Crippen LogP) is 7.62. The Balaban J connectivity index is 1.36. The van der Waals surface area contributed by atoms with E-state index in [0.717, 1.165) is 16.0 Å². The third-order valence-corrected chi connectivity index (χ3v) is 7.78. The Morgan fingerprint density at radius 3 is 2.11 bits per heavy atom. The summed E-state index contributed by atoms with van der Waals surface area (Å²) in [4.78, 5) is 44.8. The summed E-state index contributed by atoms with van der Waals surface area (Å²) in [6.45, 7) is 0. The lowest BCUT2D eigenvalue weighted by Crippen LogP contribution is -2.30. The maximum absolute atomic E-state index is 13.5. The van der Waals surface area contributed by atoms with Crippen LogP contribution in [0, 0.1) is 0 Å². The van der Waals surface area contributed by atoms with Crippen LogP contribution in [0.25, 0.3) is 6.08 Å². The summed E-state index contributed by atoms with van der Waals surface area (Å²) in [6.07, 6.45) is 3.09. The second-order valence-corrected chi connectivity index (χ2v) is 11.1. The van der Waals surface area contributed by atoms with Gasteiger partial charge in [-0.15, -0.1) is 11.8 Å². The number of hydrogen-bond acceptors (Lipinski definition) is 5. The van der Waals surface area contributed by atoms with Crippen molar-refractivity contribution in [3.63, 3.8) is 0 Å². The zero-order chi connectivity index (χ0) is 30.7. The second kappa shape index (κ2) is 14.8. The molecule has 3 N–H and O–H groups in total. The molecule has 0 fully saturated rings. The number of benzene rings is 4. The molecule has 1 atom stereocenters. The topological polar surface area (TPSA) is 100 Å². The molecular weight excluding hydrogens is 592 g/mol. The van der Waals surface area contributed by atoms with E-state index in [1.54, 1.807) is 60.7 Å². The number of amides is 3. The van der Waals surface area contributed by atoms with E-state index in [-0.39, 0.29) is 11.6 Å². The van der Waals surface area contributed by atoms with Gasteiger partial charge in [0.2, 0.25) is 5.91 Å². The minimum atomic E-state index is -0.613. The average Bonchev–Trinajstić information content (AvgIpc) is 3.06. The van der Waals surface area contributed by atoms with Crippen LogP contribution in [0.4, 0.5) is 11.5 Å². The van der Waals surface area contributed by atoms with E-state index in [2.05, 4.69) is 20.9 Å². The number of rotatable bonds is 10. The highest BCUT2D eigenvalue weighted by Crippen LogP contribution is 2.37. The standard InChI is InChI=1S/C35H27ClN4O3S/c36-27-19-20-31(37-23-27)40-35(43)32(25-13-6-2-7-14-25)44-29-18-10-17-28(22-29)38-34(42)30(21-24-11-4-1-5-12-24)39-33(41)26-15-8-3-9-16-26/h1-23,32H,(H,38,42)(H,39,41)(H,37,40,43)/b30-21-. The largest absolute Gasteiger partial charge is 0.321 e. The lowest BCUT2D eigenvalue weighted by Gasteiger charge is -2.17. The van der Waals surface area contributed by atoms with Crippen molar-refractivity contribution in [2.24, 2.45) is 0 Å². The van der Waals surface area contributed by atoms with Gasteiger partial charge < -0.3 is 16.0 Å². The summed E-state index contributed by atoms with van der Waals surface area (Å²) in [5, 5.41) is 8.35. The smallest absolute Gasteiger partial charge is 0.272 e. The van der Waals surface area contributed by atoms with Crippen molar-refractivity contribution in [1.29, 1.82) is 0 Å². The Morgan fingerprint density at radius 2 is 1.43 bits per heavy atom. The highest BCUT2D eigenvalue weighted by molar-refractivity contribution is 8.00. The normalized spacial score (nSPS) is 11.7. The van der Waals surface area contributed by atoms with Gasteiger partial charge in [0.15, 0.2) is 0 Å². The molecule has 3 amide bonds. The van der Waals surface area contributed by atoms with E-state index < -0.39 is 17.1 Å². The maximum Gasteiger partial charge on any atom is 0.272 e. The first kappa shape index (κ1) is 30.3. The first-order chi connectivity index (χ1) is 21.4. The van der Waals surface area contributed by atoms with Crippen molar-refractivity contribution in [2.75, 3.05) is 10.6 Å². The zero-order valence-corrected chi connectivity index (χ0v) is 24.9. The van der Waals surface area contributed by atoms with Gasteiger partial charge in [0.25, 0.3) is 11.8 Å². The minimum absolute atomic E-state index is 0.0834. The van der Waals surface area contributed by atoms with Crippen LogP contribution < -0.4 is 16.0 Å². The molecule has 0 aliphatic rings. The molecule has 1 heterocycles. The highest BCUT2D eigenvalue weighted by Gasteiger charge is 2.23. The summed E-state index contributed by atoms with van der Waals surface area (Å²) in [5.41, 5.74) is 2.56. The molecule has 4 aromatic carbocycles. The summed E-state index contributed by atoms with van der Waals surface area (Å²) < 4.78 is 0. The average molecular weight is 619 g/mol. The van der Waals surface area contributed by atoms with Gasteiger partial charge in [-0.3, -0.25) is 14.4 Å². The number of halogens is 1. The number of carbonyl (C=O) groups excluding carboxylic acids is 3. The molecular formula is C35H27ClN4O3S. The fraction of sp³-hybridized carbons (Fsp3) is 0.0286. The number of pyridine rings is 1. The van der Waals surface area contributed by atoms with E-state index in [1.165, 1.54) is 18.0 Å². The van der Waals surface area contributed by atoms with Crippen LogP contribution in [-0.2, 0) is 9.59 Å². The van der Waals surface area contributed by atoms with Crippen LogP contribution in [0.1, 0.15) is 26.7 Å². The molecule has 5 rings (SSSR count). The molecule has 9 heteroatoms. The Morgan fingerprint density at radius 1 is 0.750 bits per heavy atom. The van der Waals surface area contributed by atoms with Crippen LogP contribution in [0.15, 0.2) is 144 Å². The molecule has 218 valence electrons. The maximum atomic E-state index is 13.5. The Kier molecular flexibility index (Phi) is 10.2. The van der Waals surface area contributed by atoms with E-state index in [1.807, 2.05) is 72.8 Å². The van der Waals surface area contributed by atoms with Gasteiger partial charge in [-0.05, 0) is 59.7 Å². The Labute approximate surface area is 264 Å². The van der Waals surface area contributed by atoms with Crippen LogP contribution in [0.3, 0.4) is 0 Å². The summed E-state index contributed by atoms with van der Waals surface area (Å²) >= 11 is 7.28. The molecule has 0 spiro atoms. The molecule has 0 bridgehead atoms. The molecule has 0 radical (unpaired) electrons. The van der Waals surface area contributed by atoms with Crippen LogP contribution in [0.2, 0.25) is 5.02 Å². The van der Waals surface area contributed by atoms with Gasteiger partial charge >= 0.3 is 0 Å². The van der Waals surface area contributed by atoms with Crippen LogP contribution in [-0.4, -0.2) is 22.7 Å². The lowest BCUT2D eigenvalue weighted by atomic mass is 10.1. The first-order valence-electron chi connectivity index (χ1n) is 13.6. The molecule has 0 saturated carbocycles. The summed E-state index contributed by atoms with van der Waals surface area (Å²) in [7, 11) is 0. The fourth-order valence-corrected chi connectivity index (χ4v) is 5.38. The molecule has 1 unspecified atom stereocenters. The monoisotopic (exact) mass is 618 g/mol. The predicted molar refractivity (Wildman–Crippen MR) is 176 cm³/mol. The molecule has 0 aliphatic carbocycles. The number of nitrogens with one attached hydrogen (secondary N) is 3.